The number of hydrogen-bond donors (Lipinski definition) is 1. The van der Waals surface area contributed by atoms with E-state index in [0.29, 0.717) is 13.2 Å². The van der Waals surface area contributed by atoms with Crippen LogP contribution in [-0.4, -0.2) is 33.5 Å². The van der Waals surface area contributed by atoms with Crippen LogP contribution in [0.3, 0.4) is 0 Å². The molecule has 0 bridgehead atoms. The standard InChI is InChI=1S/C19H36O2Si2/c1-17(13-21-14-18-11-9-8-10-12-18)19(20,15-22(2,3)4)16-23(5,6)7/h8-12,17,20H,13-16H2,1-7H3/t17-/m1/s1. The highest BCUT2D eigenvalue weighted by atomic mass is 28.3. The molecule has 0 spiro atoms. The first-order chi connectivity index (χ1) is 10.4. The van der Waals surface area contributed by atoms with Crippen molar-refractivity contribution in [2.24, 2.45) is 5.92 Å². The van der Waals surface area contributed by atoms with Crippen LogP contribution in [0, 0.1) is 5.92 Å². The minimum absolute atomic E-state index is 0.171. The maximum atomic E-state index is 11.4. The van der Waals surface area contributed by atoms with Crippen molar-refractivity contribution in [1.29, 1.82) is 0 Å². The fourth-order valence-corrected chi connectivity index (χ4v) is 8.20. The van der Waals surface area contributed by atoms with E-state index in [1.165, 1.54) is 5.56 Å². The van der Waals surface area contributed by atoms with Crippen LogP contribution >= 0.6 is 0 Å². The lowest BCUT2D eigenvalue weighted by Crippen LogP contribution is -2.49. The predicted octanol–water partition coefficient (Wildman–Crippen LogP) is 5.25. The van der Waals surface area contributed by atoms with Gasteiger partial charge in [-0.1, -0.05) is 76.5 Å². The molecule has 0 unspecified atom stereocenters. The van der Waals surface area contributed by atoms with Gasteiger partial charge in [-0.3, -0.25) is 0 Å². The van der Waals surface area contributed by atoms with Crippen LogP contribution in [0.1, 0.15) is 12.5 Å². The largest absolute Gasteiger partial charge is 0.390 e. The second kappa shape index (κ2) is 8.10. The zero-order chi connectivity index (χ0) is 17.7. The Bertz CT molecular complexity index is 444. The van der Waals surface area contributed by atoms with Crippen LogP contribution in [0.2, 0.25) is 51.4 Å². The van der Waals surface area contributed by atoms with Crippen molar-refractivity contribution in [3.8, 4) is 0 Å². The summed E-state index contributed by atoms with van der Waals surface area (Å²) in [6.07, 6.45) is 0. The van der Waals surface area contributed by atoms with E-state index in [0.717, 1.165) is 12.1 Å². The normalized spacial score (nSPS) is 14.8. The van der Waals surface area contributed by atoms with Crippen molar-refractivity contribution in [1.82, 2.24) is 0 Å². The van der Waals surface area contributed by atoms with Gasteiger partial charge < -0.3 is 9.84 Å². The molecular formula is C19H36O2Si2. The Kier molecular flexibility index (Phi) is 7.26. The quantitative estimate of drug-likeness (QED) is 0.615. The zero-order valence-electron chi connectivity index (χ0n) is 16.1. The lowest BCUT2D eigenvalue weighted by molar-refractivity contribution is -0.0264. The van der Waals surface area contributed by atoms with Gasteiger partial charge in [0.25, 0.3) is 0 Å². The van der Waals surface area contributed by atoms with Gasteiger partial charge in [-0.05, 0) is 17.7 Å². The maximum Gasteiger partial charge on any atom is 0.0717 e. The summed E-state index contributed by atoms with van der Waals surface area (Å²) in [7, 11) is -2.68. The Morgan fingerprint density at radius 3 is 1.87 bits per heavy atom. The van der Waals surface area contributed by atoms with Gasteiger partial charge in [0.05, 0.1) is 18.8 Å². The monoisotopic (exact) mass is 352 g/mol. The van der Waals surface area contributed by atoms with Gasteiger partial charge in [-0.2, -0.15) is 0 Å². The third-order valence-electron chi connectivity index (χ3n) is 4.07. The smallest absolute Gasteiger partial charge is 0.0717 e. The van der Waals surface area contributed by atoms with Crippen molar-refractivity contribution >= 4 is 16.1 Å². The molecule has 0 aromatic heterocycles. The number of ether oxygens (including phenoxy) is 1. The summed E-state index contributed by atoms with van der Waals surface area (Å²) in [4.78, 5) is 0. The highest BCUT2D eigenvalue weighted by Gasteiger charge is 2.41. The molecule has 0 aliphatic heterocycles. The van der Waals surface area contributed by atoms with Crippen LogP contribution in [-0.2, 0) is 11.3 Å². The average Bonchev–Trinajstić information content (AvgIpc) is 2.35. The van der Waals surface area contributed by atoms with Crippen LogP contribution in [0.25, 0.3) is 0 Å². The summed E-state index contributed by atoms with van der Waals surface area (Å²) in [5.41, 5.74) is 0.615. The molecule has 0 fully saturated rings. The third-order valence-corrected chi connectivity index (χ3v) is 7.42. The Labute approximate surface area is 145 Å². The molecule has 2 nitrogen and oxygen atoms in total. The SMILES string of the molecule is C[C@H](COCc1ccccc1)C(O)(C[Si](C)(C)C)C[Si](C)(C)C. The van der Waals surface area contributed by atoms with Crippen molar-refractivity contribution in [3.05, 3.63) is 35.9 Å². The van der Waals surface area contributed by atoms with E-state index in [-0.39, 0.29) is 5.92 Å². The molecule has 1 aromatic carbocycles. The van der Waals surface area contributed by atoms with E-state index >= 15 is 0 Å². The number of benzene rings is 1. The Balaban J connectivity index is 2.69. The Hall–Kier alpha value is -0.426. The molecule has 1 atom stereocenters. The van der Waals surface area contributed by atoms with Gasteiger partial charge >= 0.3 is 0 Å². The topological polar surface area (TPSA) is 29.5 Å². The minimum atomic E-state index is -1.34. The molecule has 0 radical (unpaired) electrons. The lowest BCUT2D eigenvalue weighted by atomic mass is 9.93. The van der Waals surface area contributed by atoms with E-state index in [2.05, 4.69) is 58.3 Å². The summed E-state index contributed by atoms with van der Waals surface area (Å²) in [6, 6.07) is 12.2. The maximum absolute atomic E-state index is 11.4. The van der Waals surface area contributed by atoms with Crippen molar-refractivity contribution in [2.45, 2.75) is 70.5 Å². The van der Waals surface area contributed by atoms with Gasteiger partial charge in [0.15, 0.2) is 0 Å². The first-order valence-electron chi connectivity index (χ1n) is 8.75. The summed E-state index contributed by atoms with van der Waals surface area (Å²) < 4.78 is 5.93. The first kappa shape index (κ1) is 20.6. The third kappa shape index (κ3) is 8.29. The molecule has 132 valence electrons. The van der Waals surface area contributed by atoms with E-state index < -0.39 is 21.7 Å². The van der Waals surface area contributed by atoms with E-state index in [9.17, 15) is 5.11 Å². The van der Waals surface area contributed by atoms with Gasteiger partial charge in [-0.15, -0.1) is 0 Å². The second-order valence-corrected chi connectivity index (χ2v) is 20.4. The molecule has 1 rings (SSSR count). The first-order valence-corrected chi connectivity index (χ1v) is 16.2. The summed E-state index contributed by atoms with van der Waals surface area (Å²) >= 11 is 0. The fraction of sp³-hybridized carbons (Fsp3) is 0.684. The molecule has 23 heavy (non-hydrogen) atoms. The molecular weight excluding hydrogens is 316 g/mol. The van der Waals surface area contributed by atoms with Crippen LogP contribution < -0.4 is 0 Å². The predicted molar refractivity (Wildman–Crippen MR) is 107 cm³/mol. The Morgan fingerprint density at radius 2 is 1.43 bits per heavy atom. The van der Waals surface area contributed by atoms with Gasteiger partial charge in [0.2, 0.25) is 0 Å². The van der Waals surface area contributed by atoms with Gasteiger partial charge in [-0.25, -0.2) is 0 Å². The number of rotatable bonds is 9. The molecule has 1 aromatic rings. The van der Waals surface area contributed by atoms with Gasteiger partial charge in [0.1, 0.15) is 0 Å². The minimum Gasteiger partial charge on any atom is -0.390 e. The fourth-order valence-electron chi connectivity index (χ4n) is 3.33. The van der Waals surface area contributed by atoms with E-state index in [1.807, 2.05) is 18.2 Å². The molecule has 0 aliphatic carbocycles. The van der Waals surface area contributed by atoms with E-state index in [4.69, 9.17) is 4.74 Å². The lowest BCUT2D eigenvalue weighted by Gasteiger charge is -2.41. The van der Waals surface area contributed by atoms with Gasteiger partial charge in [0, 0.05) is 22.1 Å². The van der Waals surface area contributed by atoms with Crippen LogP contribution in [0.5, 0.6) is 0 Å². The average molecular weight is 353 g/mol. The summed E-state index contributed by atoms with van der Waals surface area (Å²) in [5.74, 6) is 0.171. The van der Waals surface area contributed by atoms with Crippen LogP contribution in [0.4, 0.5) is 0 Å². The molecule has 4 heteroatoms. The van der Waals surface area contributed by atoms with E-state index in [1.54, 1.807) is 0 Å². The molecule has 1 N–H and O–H groups in total. The zero-order valence-corrected chi connectivity index (χ0v) is 18.1. The highest BCUT2D eigenvalue weighted by molar-refractivity contribution is 6.78. The molecule has 0 amide bonds. The summed E-state index contributed by atoms with van der Waals surface area (Å²) in [5, 5.41) is 11.4. The molecule has 0 heterocycles. The highest BCUT2D eigenvalue weighted by Crippen LogP contribution is 2.36. The molecule has 0 aliphatic rings. The molecule has 0 saturated heterocycles. The summed E-state index contributed by atoms with van der Waals surface area (Å²) in [6.45, 7) is 17.5. The number of aliphatic hydroxyl groups is 1. The number of hydrogen-bond acceptors (Lipinski definition) is 2. The second-order valence-electron chi connectivity index (χ2n) is 9.48. The van der Waals surface area contributed by atoms with Crippen molar-refractivity contribution < 1.29 is 9.84 Å². The van der Waals surface area contributed by atoms with Crippen molar-refractivity contribution in [2.75, 3.05) is 6.61 Å². The Morgan fingerprint density at radius 1 is 0.957 bits per heavy atom. The molecule has 0 saturated carbocycles. The van der Waals surface area contributed by atoms with Crippen molar-refractivity contribution in [3.63, 3.8) is 0 Å². The van der Waals surface area contributed by atoms with Crippen LogP contribution in [0.15, 0.2) is 30.3 Å².